The Morgan fingerprint density at radius 3 is 2.50 bits per heavy atom. The summed E-state index contributed by atoms with van der Waals surface area (Å²) in [4.78, 5) is 18.5. The van der Waals surface area contributed by atoms with E-state index in [4.69, 9.17) is 0 Å². The molecule has 1 amide bonds. The Morgan fingerprint density at radius 2 is 1.81 bits per heavy atom. The lowest BCUT2D eigenvalue weighted by atomic mass is 10.0. The number of carbonyl (C=O) groups excluding carboxylic acids is 1. The third kappa shape index (κ3) is 4.23. The summed E-state index contributed by atoms with van der Waals surface area (Å²) in [6.45, 7) is 5.08. The number of rotatable bonds is 4. The zero-order valence-electron chi connectivity index (χ0n) is 15.5. The molecule has 0 radical (unpaired) electrons. The van der Waals surface area contributed by atoms with Gasteiger partial charge in [0.2, 0.25) is 0 Å². The van der Waals surface area contributed by atoms with Crippen molar-refractivity contribution >= 4 is 11.9 Å². The summed E-state index contributed by atoms with van der Waals surface area (Å²) >= 11 is 0. The van der Waals surface area contributed by atoms with Crippen molar-refractivity contribution in [2.24, 2.45) is 4.99 Å². The van der Waals surface area contributed by atoms with Crippen molar-refractivity contribution in [2.45, 2.75) is 26.4 Å². The van der Waals surface area contributed by atoms with Crippen LogP contribution in [0, 0.1) is 0 Å². The van der Waals surface area contributed by atoms with Crippen LogP contribution in [-0.4, -0.2) is 36.9 Å². The molecular formula is C21H26N4O. The van der Waals surface area contributed by atoms with E-state index in [9.17, 15) is 4.79 Å². The van der Waals surface area contributed by atoms with Crippen molar-refractivity contribution in [2.75, 3.05) is 20.1 Å². The minimum atomic E-state index is -0.0326. The fraction of sp³-hybridized carbons (Fsp3) is 0.333. The molecule has 1 heterocycles. The topological polar surface area (TPSA) is 56.7 Å². The van der Waals surface area contributed by atoms with Crippen LogP contribution in [0.3, 0.4) is 0 Å². The Morgan fingerprint density at radius 1 is 1.08 bits per heavy atom. The van der Waals surface area contributed by atoms with Gasteiger partial charge in [0.25, 0.3) is 5.91 Å². The van der Waals surface area contributed by atoms with Gasteiger partial charge in [-0.1, -0.05) is 36.4 Å². The molecule has 0 fully saturated rings. The van der Waals surface area contributed by atoms with Crippen LogP contribution in [0.1, 0.15) is 34.0 Å². The minimum Gasteiger partial charge on any atom is -0.352 e. The number of hydrogen-bond donors (Lipinski definition) is 2. The number of fused-ring (bicyclic) bond motifs is 1. The fourth-order valence-electron chi connectivity index (χ4n) is 3.23. The molecule has 1 aliphatic heterocycles. The van der Waals surface area contributed by atoms with Crippen LogP contribution in [-0.2, 0) is 19.5 Å². The van der Waals surface area contributed by atoms with E-state index in [1.54, 1.807) is 0 Å². The van der Waals surface area contributed by atoms with Crippen molar-refractivity contribution in [3.63, 3.8) is 0 Å². The van der Waals surface area contributed by atoms with Crippen LogP contribution >= 0.6 is 0 Å². The maximum atomic E-state index is 11.8. The molecule has 0 aliphatic carbocycles. The summed E-state index contributed by atoms with van der Waals surface area (Å²) in [6, 6.07) is 16.3. The highest BCUT2D eigenvalue weighted by Crippen LogP contribution is 2.18. The van der Waals surface area contributed by atoms with Crippen LogP contribution in [0.2, 0.25) is 0 Å². The van der Waals surface area contributed by atoms with Crippen molar-refractivity contribution in [1.82, 2.24) is 15.5 Å². The first-order valence-corrected chi connectivity index (χ1v) is 9.10. The Balaban J connectivity index is 1.59. The molecule has 0 saturated heterocycles. The van der Waals surface area contributed by atoms with Gasteiger partial charge < -0.3 is 15.5 Å². The molecule has 0 atom stereocenters. The second kappa shape index (κ2) is 8.52. The quantitative estimate of drug-likeness (QED) is 0.658. The average molecular weight is 350 g/mol. The predicted octanol–water partition coefficient (Wildman–Crippen LogP) is 2.57. The van der Waals surface area contributed by atoms with Crippen LogP contribution < -0.4 is 10.6 Å². The van der Waals surface area contributed by atoms with E-state index in [0.717, 1.165) is 31.0 Å². The SMILES string of the molecule is CCNC(=O)c1ccc(CNC(=NC)N2CCc3ccccc3C2)cc1. The number of aliphatic imine (C=N–C) groups is 1. The molecule has 5 heteroatoms. The number of guanidine groups is 1. The molecule has 0 aromatic heterocycles. The van der Waals surface area contributed by atoms with Gasteiger partial charge in [-0.3, -0.25) is 9.79 Å². The van der Waals surface area contributed by atoms with Gasteiger partial charge >= 0.3 is 0 Å². The van der Waals surface area contributed by atoms with E-state index in [2.05, 4.69) is 44.8 Å². The molecule has 0 saturated carbocycles. The van der Waals surface area contributed by atoms with Crippen LogP contribution in [0.4, 0.5) is 0 Å². The lowest BCUT2D eigenvalue weighted by Gasteiger charge is -2.31. The molecule has 2 aromatic carbocycles. The highest BCUT2D eigenvalue weighted by atomic mass is 16.1. The predicted molar refractivity (Wildman–Crippen MR) is 105 cm³/mol. The zero-order chi connectivity index (χ0) is 18.4. The first kappa shape index (κ1) is 18.0. The van der Waals surface area contributed by atoms with Gasteiger partial charge in [-0.25, -0.2) is 0 Å². The largest absolute Gasteiger partial charge is 0.352 e. The van der Waals surface area contributed by atoms with Gasteiger partial charge in [0, 0.05) is 38.8 Å². The fourth-order valence-corrected chi connectivity index (χ4v) is 3.23. The number of amides is 1. The number of nitrogens with one attached hydrogen (secondary N) is 2. The van der Waals surface area contributed by atoms with Crippen LogP contribution in [0.25, 0.3) is 0 Å². The lowest BCUT2D eigenvalue weighted by Crippen LogP contribution is -2.43. The van der Waals surface area contributed by atoms with Gasteiger partial charge in [-0.15, -0.1) is 0 Å². The van der Waals surface area contributed by atoms with Crippen molar-refractivity contribution in [3.8, 4) is 0 Å². The van der Waals surface area contributed by atoms with Crippen LogP contribution in [0.15, 0.2) is 53.5 Å². The molecule has 0 spiro atoms. The Hall–Kier alpha value is -2.82. The third-order valence-corrected chi connectivity index (χ3v) is 4.65. The number of carbonyl (C=O) groups is 1. The zero-order valence-corrected chi connectivity index (χ0v) is 15.5. The van der Waals surface area contributed by atoms with E-state index >= 15 is 0 Å². The van der Waals surface area contributed by atoms with E-state index in [1.165, 1.54) is 11.1 Å². The number of nitrogens with zero attached hydrogens (tertiary/aromatic N) is 2. The maximum absolute atomic E-state index is 11.8. The first-order valence-electron chi connectivity index (χ1n) is 9.10. The number of hydrogen-bond acceptors (Lipinski definition) is 2. The monoisotopic (exact) mass is 350 g/mol. The van der Waals surface area contributed by atoms with Crippen molar-refractivity contribution in [1.29, 1.82) is 0 Å². The summed E-state index contributed by atoms with van der Waals surface area (Å²) in [5.41, 5.74) is 4.61. The molecule has 0 unspecified atom stereocenters. The maximum Gasteiger partial charge on any atom is 0.251 e. The molecule has 136 valence electrons. The molecule has 0 bridgehead atoms. The summed E-state index contributed by atoms with van der Waals surface area (Å²) in [7, 11) is 1.82. The highest BCUT2D eigenvalue weighted by molar-refractivity contribution is 5.94. The van der Waals surface area contributed by atoms with Gasteiger partial charge in [0.05, 0.1) is 0 Å². The van der Waals surface area contributed by atoms with Gasteiger partial charge in [0.1, 0.15) is 0 Å². The van der Waals surface area contributed by atoms with Crippen molar-refractivity contribution in [3.05, 3.63) is 70.8 Å². The summed E-state index contributed by atoms with van der Waals surface area (Å²) in [5, 5.41) is 6.25. The summed E-state index contributed by atoms with van der Waals surface area (Å²) in [5.74, 6) is 0.877. The van der Waals surface area contributed by atoms with E-state index in [-0.39, 0.29) is 5.91 Å². The second-order valence-electron chi connectivity index (χ2n) is 6.40. The Kier molecular flexibility index (Phi) is 5.89. The van der Waals surface area contributed by atoms with Gasteiger partial charge in [-0.05, 0) is 42.2 Å². The van der Waals surface area contributed by atoms with E-state index in [1.807, 2.05) is 38.2 Å². The summed E-state index contributed by atoms with van der Waals surface area (Å²) in [6.07, 6.45) is 1.04. The summed E-state index contributed by atoms with van der Waals surface area (Å²) < 4.78 is 0. The highest BCUT2D eigenvalue weighted by Gasteiger charge is 2.18. The van der Waals surface area contributed by atoms with E-state index in [0.29, 0.717) is 18.7 Å². The first-order chi connectivity index (χ1) is 12.7. The average Bonchev–Trinajstić information content (AvgIpc) is 2.69. The van der Waals surface area contributed by atoms with Crippen molar-refractivity contribution < 1.29 is 4.79 Å². The molecule has 5 nitrogen and oxygen atoms in total. The van der Waals surface area contributed by atoms with Gasteiger partial charge in [0.15, 0.2) is 5.96 Å². The Labute approximate surface area is 155 Å². The molecule has 3 rings (SSSR count). The van der Waals surface area contributed by atoms with E-state index < -0.39 is 0 Å². The van der Waals surface area contributed by atoms with Crippen LogP contribution in [0.5, 0.6) is 0 Å². The number of benzene rings is 2. The molecule has 1 aliphatic rings. The third-order valence-electron chi connectivity index (χ3n) is 4.65. The second-order valence-corrected chi connectivity index (χ2v) is 6.40. The Bertz CT molecular complexity index is 783. The minimum absolute atomic E-state index is 0.0326. The standard InChI is InChI=1S/C21H26N4O/c1-3-23-20(26)18-10-8-16(9-11-18)14-24-21(22-2)25-13-12-17-6-4-5-7-19(17)15-25/h4-11H,3,12-15H2,1-2H3,(H,22,24)(H,23,26). The lowest BCUT2D eigenvalue weighted by molar-refractivity contribution is 0.0956. The molecule has 26 heavy (non-hydrogen) atoms. The normalized spacial score (nSPS) is 13.9. The molecule has 2 aromatic rings. The smallest absolute Gasteiger partial charge is 0.251 e. The molecular weight excluding hydrogens is 324 g/mol. The molecule has 2 N–H and O–H groups in total. The van der Waals surface area contributed by atoms with Gasteiger partial charge in [-0.2, -0.15) is 0 Å².